The fraction of sp³-hybridized carbons (Fsp3) is 0.667. The van der Waals surface area contributed by atoms with Crippen LogP contribution in [0.15, 0.2) is 11.1 Å². The predicted octanol–water partition coefficient (Wildman–Crippen LogP) is 0.543. The van der Waals surface area contributed by atoms with Crippen molar-refractivity contribution in [3.8, 4) is 6.07 Å². The maximum absolute atomic E-state index is 12.2. The first-order valence-electron chi connectivity index (χ1n) is 7.68. The van der Waals surface area contributed by atoms with Crippen LogP contribution in [0.1, 0.15) is 25.7 Å². The number of nitrogens with one attached hydrogen (secondary N) is 1. The van der Waals surface area contributed by atoms with Crippen LogP contribution in [-0.2, 0) is 4.79 Å². The average molecular weight is 304 g/mol. The number of likely N-dealkylation sites (tertiary alicyclic amines) is 2. The topological polar surface area (TPSA) is 96.7 Å². The van der Waals surface area contributed by atoms with Gasteiger partial charge in [0.25, 0.3) is 0 Å². The number of hydrogen-bond acceptors (Lipinski definition) is 4. The highest BCUT2D eigenvalue weighted by molar-refractivity contribution is 5.79. The Labute approximate surface area is 129 Å². The van der Waals surface area contributed by atoms with E-state index in [4.69, 9.17) is 10.4 Å². The Balaban J connectivity index is 1.44. The molecule has 7 nitrogen and oxygen atoms in total. The molecule has 22 heavy (non-hydrogen) atoms. The van der Waals surface area contributed by atoms with Gasteiger partial charge in [-0.05, 0) is 36.8 Å². The van der Waals surface area contributed by atoms with Crippen LogP contribution < -0.4 is 5.32 Å². The summed E-state index contributed by atoms with van der Waals surface area (Å²) in [5, 5.41) is 21.3. The largest absolute Gasteiger partial charge is 0.465 e. The average Bonchev–Trinajstić information content (AvgIpc) is 3.17. The molecule has 118 valence electrons. The molecule has 3 rings (SSSR count). The lowest BCUT2D eigenvalue weighted by atomic mass is 10.1. The van der Waals surface area contributed by atoms with Crippen LogP contribution in [0, 0.1) is 11.3 Å². The summed E-state index contributed by atoms with van der Waals surface area (Å²) in [6, 6.07) is 2.12. The Bertz CT molecular complexity index is 548. The summed E-state index contributed by atoms with van der Waals surface area (Å²) < 4.78 is 0. The number of carbonyl (C=O) groups excluding carboxylic acids is 1. The van der Waals surface area contributed by atoms with Crippen LogP contribution in [-0.4, -0.2) is 65.2 Å². The Kier molecular flexibility index (Phi) is 4.03. The third kappa shape index (κ3) is 2.79. The second kappa shape index (κ2) is 5.97. The molecule has 1 atom stereocenters. The molecule has 0 bridgehead atoms. The molecule has 3 aliphatic rings. The molecule has 1 aliphatic carbocycles. The molecule has 0 spiro atoms. The Morgan fingerprint density at radius 3 is 2.59 bits per heavy atom. The van der Waals surface area contributed by atoms with E-state index in [1.165, 1.54) is 16.0 Å². The molecular formula is C15H20N4O3. The number of carbonyl (C=O) groups is 2. The molecule has 7 heteroatoms. The van der Waals surface area contributed by atoms with Crippen molar-refractivity contribution >= 4 is 12.0 Å². The monoisotopic (exact) mass is 304 g/mol. The van der Waals surface area contributed by atoms with Gasteiger partial charge in [-0.25, -0.2) is 4.79 Å². The molecule has 2 aliphatic heterocycles. The van der Waals surface area contributed by atoms with Gasteiger partial charge in [0.05, 0.1) is 12.6 Å². The van der Waals surface area contributed by atoms with Crippen LogP contribution >= 0.6 is 0 Å². The van der Waals surface area contributed by atoms with Crippen molar-refractivity contribution in [2.24, 2.45) is 0 Å². The maximum atomic E-state index is 12.2. The molecule has 0 aromatic heterocycles. The van der Waals surface area contributed by atoms with E-state index < -0.39 is 6.09 Å². The third-order valence-corrected chi connectivity index (χ3v) is 4.78. The standard InChI is InChI=1S/C15H20N4O3/c16-6-13-2-1-3-19(13)14(20)7-17-12-4-10-8-18(15(21)22)9-11(10)5-12/h12-13,17H,1-5,7-9H2,(H,21,22). The van der Waals surface area contributed by atoms with Crippen LogP contribution in [0.5, 0.6) is 0 Å². The van der Waals surface area contributed by atoms with Gasteiger partial charge >= 0.3 is 6.09 Å². The SMILES string of the molecule is N#CC1CCCN1C(=O)CNC1CC2=C(C1)CN(C(=O)O)C2. The fourth-order valence-corrected chi connectivity index (χ4v) is 3.64. The van der Waals surface area contributed by atoms with Crippen LogP contribution in [0.3, 0.4) is 0 Å². The summed E-state index contributed by atoms with van der Waals surface area (Å²) in [4.78, 5) is 26.2. The van der Waals surface area contributed by atoms with Crippen molar-refractivity contribution in [1.29, 1.82) is 5.26 Å². The minimum absolute atomic E-state index is 0.0109. The van der Waals surface area contributed by atoms with Gasteiger partial charge in [0.1, 0.15) is 6.04 Å². The van der Waals surface area contributed by atoms with Crippen LogP contribution in [0.25, 0.3) is 0 Å². The van der Waals surface area contributed by atoms with Gasteiger partial charge in [0.2, 0.25) is 5.91 Å². The van der Waals surface area contributed by atoms with Gasteiger partial charge in [-0.1, -0.05) is 0 Å². The highest BCUT2D eigenvalue weighted by Gasteiger charge is 2.34. The minimum Gasteiger partial charge on any atom is -0.465 e. The number of rotatable bonds is 3. The second-order valence-corrected chi connectivity index (χ2v) is 6.21. The van der Waals surface area contributed by atoms with E-state index in [0.717, 1.165) is 25.7 Å². The summed E-state index contributed by atoms with van der Waals surface area (Å²) >= 11 is 0. The number of amides is 2. The van der Waals surface area contributed by atoms with Gasteiger partial charge in [-0.3, -0.25) is 4.79 Å². The first kappa shape index (κ1) is 14.9. The molecule has 2 heterocycles. The lowest BCUT2D eigenvalue weighted by Gasteiger charge is -2.22. The van der Waals surface area contributed by atoms with Crippen molar-refractivity contribution in [3.05, 3.63) is 11.1 Å². The molecule has 2 N–H and O–H groups in total. The lowest BCUT2D eigenvalue weighted by molar-refractivity contribution is -0.130. The van der Waals surface area contributed by atoms with E-state index in [1.54, 1.807) is 4.90 Å². The lowest BCUT2D eigenvalue weighted by Crippen LogP contribution is -2.43. The number of nitriles is 1. The van der Waals surface area contributed by atoms with E-state index in [-0.39, 0.29) is 24.5 Å². The zero-order chi connectivity index (χ0) is 15.7. The molecule has 1 unspecified atom stereocenters. The highest BCUT2D eigenvalue weighted by atomic mass is 16.4. The van der Waals surface area contributed by atoms with E-state index >= 15 is 0 Å². The smallest absolute Gasteiger partial charge is 0.407 e. The fourth-order valence-electron chi connectivity index (χ4n) is 3.64. The normalized spacial score (nSPS) is 24.8. The summed E-state index contributed by atoms with van der Waals surface area (Å²) in [7, 11) is 0. The molecule has 0 radical (unpaired) electrons. The molecule has 0 aromatic carbocycles. The molecule has 0 saturated carbocycles. The van der Waals surface area contributed by atoms with Gasteiger partial charge in [0, 0.05) is 25.7 Å². The van der Waals surface area contributed by atoms with Gasteiger partial charge in [-0.15, -0.1) is 0 Å². The van der Waals surface area contributed by atoms with Crippen LogP contribution in [0.4, 0.5) is 4.79 Å². The number of hydrogen-bond donors (Lipinski definition) is 2. The van der Waals surface area contributed by atoms with Crippen LogP contribution in [0.2, 0.25) is 0 Å². The van der Waals surface area contributed by atoms with Crippen molar-refractivity contribution in [3.63, 3.8) is 0 Å². The minimum atomic E-state index is -0.870. The Hall–Kier alpha value is -2.07. The van der Waals surface area contributed by atoms with Gasteiger partial charge in [0.15, 0.2) is 0 Å². The molecular weight excluding hydrogens is 284 g/mol. The number of nitrogens with zero attached hydrogens (tertiary/aromatic N) is 3. The van der Waals surface area contributed by atoms with Crippen molar-refractivity contribution in [1.82, 2.24) is 15.1 Å². The maximum Gasteiger partial charge on any atom is 0.407 e. The Morgan fingerprint density at radius 1 is 1.32 bits per heavy atom. The number of carboxylic acid groups (broad SMARTS) is 1. The molecule has 1 fully saturated rings. The van der Waals surface area contributed by atoms with Crippen molar-refractivity contribution < 1.29 is 14.7 Å². The first-order valence-corrected chi connectivity index (χ1v) is 7.68. The zero-order valence-electron chi connectivity index (χ0n) is 12.4. The van der Waals surface area contributed by atoms with Crippen molar-refractivity contribution in [2.45, 2.75) is 37.8 Å². The third-order valence-electron chi connectivity index (χ3n) is 4.78. The van der Waals surface area contributed by atoms with E-state index in [1.807, 2.05) is 0 Å². The first-order chi connectivity index (χ1) is 10.6. The molecule has 1 saturated heterocycles. The quantitative estimate of drug-likeness (QED) is 0.742. The molecule has 2 amide bonds. The second-order valence-electron chi connectivity index (χ2n) is 6.21. The zero-order valence-corrected chi connectivity index (χ0v) is 12.4. The van der Waals surface area contributed by atoms with E-state index in [0.29, 0.717) is 19.6 Å². The Morgan fingerprint density at radius 2 is 2.00 bits per heavy atom. The van der Waals surface area contributed by atoms with Gasteiger partial charge < -0.3 is 20.2 Å². The summed E-state index contributed by atoms with van der Waals surface area (Å²) in [6.07, 6.45) is 2.42. The van der Waals surface area contributed by atoms with E-state index in [2.05, 4.69) is 11.4 Å². The summed E-state index contributed by atoms with van der Waals surface area (Å²) in [5.74, 6) is -0.0109. The van der Waals surface area contributed by atoms with Gasteiger partial charge in [-0.2, -0.15) is 5.26 Å². The predicted molar refractivity (Wildman–Crippen MR) is 78.0 cm³/mol. The summed E-state index contributed by atoms with van der Waals surface area (Å²) in [6.45, 7) is 1.93. The van der Waals surface area contributed by atoms with Crippen molar-refractivity contribution in [2.75, 3.05) is 26.2 Å². The highest BCUT2D eigenvalue weighted by Crippen LogP contribution is 2.32. The molecule has 0 aromatic rings. The van der Waals surface area contributed by atoms with E-state index in [9.17, 15) is 9.59 Å². The summed E-state index contributed by atoms with van der Waals surface area (Å²) in [5.41, 5.74) is 2.40.